The van der Waals surface area contributed by atoms with Gasteiger partial charge >= 0.3 is 0 Å². The van der Waals surface area contributed by atoms with Crippen LogP contribution in [-0.4, -0.2) is 19.7 Å². The maximum absolute atomic E-state index is 13.0. The highest BCUT2D eigenvalue weighted by Gasteiger charge is 2.11. The number of hydrogen-bond acceptors (Lipinski definition) is 4. The van der Waals surface area contributed by atoms with E-state index in [-0.39, 0.29) is 16.1 Å². The standard InChI is InChI=1S/C13H11FN2O3S/c1-8-2-3-9(7-15-8)13(17)16-11-5-4-10(14)6-12(11)20(18)19/h2-7H,1H3,(H,16,17)(H,18,19)/p-1. The Labute approximate surface area is 117 Å². The van der Waals surface area contributed by atoms with Crippen molar-refractivity contribution >= 4 is 22.7 Å². The largest absolute Gasteiger partial charge is 0.768 e. The number of amides is 1. The molecule has 0 saturated carbocycles. The van der Waals surface area contributed by atoms with Crippen molar-refractivity contribution in [2.75, 3.05) is 5.32 Å². The predicted molar refractivity (Wildman–Crippen MR) is 70.5 cm³/mol. The first kappa shape index (κ1) is 14.3. The van der Waals surface area contributed by atoms with Crippen molar-refractivity contribution in [3.63, 3.8) is 0 Å². The average molecular weight is 293 g/mol. The van der Waals surface area contributed by atoms with Gasteiger partial charge in [-0.05, 0) is 48.3 Å². The number of carbonyl (C=O) groups excluding carboxylic acids is 1. The molecule has 2 rings (SSSR count). The van der Waals surface area contributed by atoms with Crippen LogP contribution < -0.4 is 5.32 Å². The van der Waals surface area contributed by atoms with Crippen LogP contribution >= 0.6 is 0 Å². The van der Waals surface area contributed by atoms with Gasteiger partial charge in [0.25, 0.3) is 5.91 Å². The Morgan fingerprint density at radius 3 is 2.70 bits per heavy atom. The molecule has 1 unspecified atom stereocenters. The minimum absolute atomic E-state index is 0.0188. The third-order valence-electron chi connectivity index (χ3n) is 2.54. The summed E-state index contributed by atoms with van der Waals surface area (Å²) in [5, 5.41) is 2.42. The van der Waals surface area contributed by atoms with Gasteiger partial charge in [0.15, 0.2) is 0 Å². The summed E-state index contributed by atoms with van der Waals surface area (Å²) in [7, 11) is 0. The molecule has 0 fully saturated rings. The molecule has 20 heavy (non-hydrogen) atoms. The van der Waals surface area contributed by atoms with E-state index in [4.69, 9.17) is 0 Å². The van der Waals surface area contributed by atoms with E-state index >= 15 is 0 Å². The number of hydrogen-bond donors (Lipinski definition) is 1. The Morgan fingerprint density at radius 1 is 1.35 bits per heavy atom. The topological polar surface area (TPSA) is 82.1 Å². The molecule has 1 aromatic carbocycles. The maximum atomic E-state index is 13.0. The number of nitrogens with zero attached hydrogens (tertiary/aromatic N) is 1. The maximum Gasteiger partial charge on any atom is 0.257 e. The van der Waals surface area contributed by atoms with Crippen molar-refractivity contribution in [3.05, 3.63) is 53.6 Å². The van der Waals surface area contributed by atoms with Gasteiger partial charge in [-0.2, -0.15) is 0 Å². The summed E-state index contributed by atoms with van der Waals surface area (Å²) in [5.41, 5.74) is 1.05. The van der Waals surface area contributed by atoms with Crippen LogP contribution in [0, 0.1) is 12.7 Å². The Kier molecular flexibility index (Phi) is 4.21. The number of pyridine rings is 1. The van der Waals surface area contributed by atoms with Crippen molar-refractivity contribution in [1.29, 1.82) is 0 Å². The van der Waals surface area contributed by atoms with Gasteiger partial charge in [-0.1, -0.05) is 0 Å². The Hall–Kier alpha value is -2.12. The summed E-state index contributed by atoms with van der Waals surface area (Å²) in [6.07, 6.45) is 1.38. The van der Waals surface area contributed by atoms with Crippen LogP contribution in [0.25, 0.3) is 0 Å². The van der Waals surface area contributed by atoms with Gasteiger partial charge in [-0.25, -0.2) is 4.39 Å². The Morgan fingerprint density at radius 2 is 2.10 bits per heavy atom. The SMILES string of the molecule is Cc1ccc(C(=O)Nc2ccc(F)cc2S(=O)[O-])cn1. The average Bonchev–Trinajstić information content (AvgIpc) is 2.41. The van der Waals surface area contributed by atoms with Crippen LogP contribution in [0.3, 0.4) is 0 Å². The van der Waals surface area contributed by atoms with Crippen molar-refractivity contribution in [2.45, 2.75) is 11.8 Å². The minimum Gasteiger partial charge on any atom is -0.768 e. The monoisotopic (exact) mass is 293 g/mol. The van der Waals surface area contributed by atoms with Gasteiger partial charge < -0.3 is 9.87 Å². The van der Waals surface area contributed by atoms with E-state index in [1.807, 2.05) is 0 Å². The van der Waals surface area contributed by atoms with Crippen LogP contribution in [0.2, 0.25) is 0 Å². The molecule has 1 N–H and O–H groups in total. The minimum atomic E-state index is -2.65. The quantitative estimate of drug-likeness (QED) is 0.878. The van der Waals surface area contributed by atoms with E-state index in [0.29, 0.717) is 0 Å². The van der Waals surface area contributed by atoms with Crippen LogP contribution in [0.4, 0.5) is 10.1 Å². The van der Waals surface area contributed by atoms with E-state index in [9.17, 15) is 17.9 Å². The molecule has 1 atom stereocenters. The number of nitrogens with one attached hydrogen (secondary N) is 1. The summed E-state index contributed by atoms with van der Waals surface area (Å²) in [6, 6.07) is 6.33. The molecule has 7 heteroatoms. The second-order valence-corrected chi connectivity index (χ2v) is 4.93. The molecule has 0 radical (unpaired) electrons. The zero-order valence-corrected chi connectivity index (χ0v) is 11.2. The smallest absolute Gasteiger partial charge is 0.257 e. The molecule has 1 aromatic heterocycles. The van der Waals surface area contributed by atoms with Gasteiger partial charge in [0.2, 0.25) is 0 Å². The number of carbonyl (C=O) groups is 1. The van der Waals surface area contributed by atoms with Crippen molar-refractivity contribution in [2.24, 2.45) is 0 Å². The van der Waals surface area contributed by atoms with Gasteiger partial charge in [0, 0.05) is 11.9 Å². The molecule has 0 bridgehead atoms. The number of aromatic nitrogens is 1. The molecular formula is C13H10FN2O3S-. The molecule has 0 saturated heterocycles. The molecule has 5 nitrogen and oxygen atoms in total. The molecule has 0 aliphatic heterocycles. The predicted octanol–water partition coefficient (Wildman–Crippen LogP) is 2.02. The number of benzene rings is 1. The fourth-order valence-electron chi connectivity index (χ4n) is 1.53. The lowest BCUT2D eigenvalue weighted by atomic mass is 10.2. The summed E-state index contributed by atoms with van der Waals surface area (Å²) in [4.78, 5) is 15.6. The number of anilines is 1. The van der Waals surface area contributed by atoms with E-state index in [2.05, 4.69) is 10.3 Å². The first-order valence-electron chi connectivity index (χ1n) is 5.60. The molecule has 0 aliphatic rings. The highest BCUT2D eigenvalue weighted by molar-refractivity contribution is 7.79. The van der Waals surface area contributed by atoms with Crippen LogP contribution in [0.5, 0.6) is 0 Å². The number of halogens is 1. The lowest BCUT2D eigenvalue weighted by molar-refractivity contribution is 0.102. The fraction of sp³-hybridized carbons (Fsp3) is 0.0769. The first-order chi connectivity index (χ1) is 9.47. The third kappa shape index (κ3) is 3.25. The summed E-state index contributed by atoms with van der Waals surface area (Å²) in [5.74, 6) is -1.21. The molecule has 1 heterocycles. The van der Waals surface area contributed by atoms with E-state index in [0.717, 1.165) is 17.8 Å². The van der Waals surface area contributed by atoms with Crippen molar-refractivity contribution < 1.29 is 17.9 Å². The highest BCUT2D eigenvalue weighted by atomic mass is 32.2. The van der Waals surface area contributed by atoms with Gasteiger partial charge in [-0.3, -0.25) is 14.0 Å². The molecule has 104 valence electrons. The van der Waals surface area contributed by atoms with Crippen LogP contribution in [0.1, 0.15) is 16.1 Å². The molecule has 0 spiro atoms. The van der Waals surface area contributed by atoms with Gasteiger partial charge in [0.1, 0.15) is 5.82 Å². The summed E-state index contributed by atoms with van der Waals surface area (Å²) < 4.78 is 35.0. The van der Waals surface area contributed by atoms with E-state index in [1.165, 1.54) is 12.3 Å². The summed E-state index contributed by atoms with van der Waals surface area (Å²) in [6.45, 7) is 1.78. The highest BCUT2D eigenvalue weighted by Crippen LogP contribution is 2.20. The fourth-order valence-corrected chi connectivity index (χ4v) is 2.04. The molecule has 0 aliphatic carbocycles. The Balaban J connectivity index is 2.28. The van der Waals surface area contributed by atoms with Gasteiger partial charge in [0.05, 0.1) is 16.1 Å². The third-order valence-corrected chi connectivity index (χ3v) is 3.24. The zero-order valence-electron chi connectivity index (χ0n) is 10.4. The van der Waals surface area contributed by atoms with Crippen LogP contribution in [-0.2, 0) is 11.1 Å². The molecule has 2 aromatic rings. The van der Waals surface area contributed by atoms with Crippen molar-refractivity contribution in [1.82, 2.24) is 4.98 Å². The molecular weight excluding hydrogens is 283 g/mol. The zero-order chi connectivity index (χ0) is 14.7. The lowest BCUT2D eigenvalue weighted by Gasteiger charge is -2.13. The number of rotatable bonds is 3. The molecule has 1 amide bonds. The Bertz CT molecular complexity index is 674. The van der Waals surface area contributed by atoms with Crippen molar-refractivity contribution in [3.8, 4) is 0 Å². The van der Waals surface area contributed by atoms with E-state index < -0.39 is 22.8 Å². The van der Waals surface area contributed by atoms with Gasteiger partial charge in [-0.15, -0.1) is 0 Å². The van der Waals surface area contributed by atoms with E-state index in [1.54, 1.807) is 19.1 Å². The second kappa shape index (κ2) is 5.89. The summed E-state index contributed by atoms with van der Waals surface area (Å²) >= 11 is -2.65. The lowest BCUT2D eigenvalue weighted by Crippen LogP contribution is -2.14. The number of aryl methyl sites for hydroxylation is 1. The normalized spacial score (nSPS) is 11.9. The van der Waals surface area contributed by atoms with Crippen LogP contribution in [0.15, 0.2) is 41.4 Å². The first-order valence-corrected chi connectivity index (χ1v) is 6.67. The second-order valence-electron chi connectivity index (χ2n) is 4.02.